The number of unbranched alkanes of at least 4 members (excludes halogenated alkanes) is 2. The lowest BCUT2D eigenvalue weighted by Crippen LogP contribution is -2.53. The number of ether oxygens (including phenoxy) is 1. The first-order valence-electron chi connectivity index (χ1n) is 12.5. The van der Waals surface area contributed by atoms with Gasteiger partial charge >= 0.3 is 6.09 Å². The molecule has 1 aromatic rings. The normalized spacial score (nSPS) is 12.8. The Morgan fingerprint density at radius 3 is 2.31 bits per heavy atom. The number of para-hydroxylation sites is 1. The van der Waals surface area contributed by atoms with Gasteiger partial charge in [0.25, 0.3) is 0 Å². The summed E-state index contributed by atoms with van der Waals surface area (Å²) in [5, 5.41) is 16.0. The van der Waals surface area contributed by atoms with Crippen LogP contribution in [0.2, 0.25) is 0 Å². The van der Waals surface area contributed by atoms with Crippen LogP contribution < -0.4 is 16.4 Å². The molecule has 0 radical (unpaired) electrons. The van der Waals surface area contributed by atoms with Crippen LogP contribution in [0.3, 0.4) is 0 Å². The van der Waals surface area contributed by atoms with Crippen molar-refractivity contribution in [2.75, 3.05) is 13.1 Å². The first-order valence-corrected chi connectivity index (χ1v) is 12.5. The maximum absolute atomic E-state index is 13.8. The number of primary amides is 1. The first kappa shape index (κ1) is 30.7. The molecule has 36 heavy (non-hydrogen) atoms. The van der Waals surface area contributed by atoms with Crippen LogP contribution in [-0.2, 0) is 19.1 Å². The summed E-state index contributed by atoms with van der Waals surface area (Å²) in [5.74, 6) is -1.79. The highest BCUT2D eigenvalue weighted by molar-refractivity contribution is 5.92. The van der Waals surface area contributed by atoms with E-state index in [1.54, 1.807) is 39.0 Å². The molecular weight excluding hydrogens is 464 g/mol. The largest absolute Gasteiger partial charge is 0.508 e. The van der Waals surface area contributed by atoms with Gasteiger partial charge in [-0.1, -0.05) is 44.9 Å². The van der Waals surface area contributed by atoms with Crippen LogP contribution in [0.1, 0.15) is 84.7 Å². The van der Waals surface area contributed by atoms with Crippen LogP contribution in [0.4, 0.5) is 4.79 Å². The lowest BCUT2D eigenvalue weighted by Gasteiger charge is -2.34. The molecule has 0 aliphatic heterocycles. The lowest BCUT2D eigenvalue weighted by atomic mass is 10.00. The zero-order valence-corrected chi connectivity index (χ0v) is 22.1. The summed E-state index contributed by atoms with van der Waals surface area (Å²) >= 11 is 0. The van der Waals surface area contributed by atoms with Crippen LogP contribution >= 0.6 is 0 Å². The molecule has 202 valence electrons. The summed E-state index contributed by atoms with van der Waals surface area (Å²) < 4.78 is 5.30. The quantitative estimate of drug-likeness (QED) is 0.285. The van der Waals surface area contributed by atoms with E-state index in [4.69, 9.17) is 10.5 Å². The van der Waals surface area contributed by atoms with Crippen molar-refractivity contribution in [1.82, 2.24) is 15.5 Å². The summed E-state index contributed by atoms with van der Waals surface area (Å²) in [6.45, 7) is 9.56. The molecule has 1 aromatic carbocycles. The number of benzene rings is 1. The topological polar surface area (TPSA) is 151 Å². The number of nitrogens with one attached hydrogen (secondary N) is 2. The first-order chi connectivity index (χ1) is 16.9. The molecule has 0 fully saturated rings. The molecule has 5 N–H and O–H groups in total. The average molecular weight is 507 g/mol. The number of nitrogens with zero attached hydrogens (tertiary/aromatic N) is 1. The van der Waals surface area contributed by atoms with Gasteiger partial charge in [-0.2, -0.15) is 0 Å². The zero-order valence-electron chi connectivity index (χ0n) is 22.1. The minimum atomic E-state index is -1.17. The summed E-state index contributed by atoms with van der Waals surface area (Å²) in [4.78, 5) is 52.5. The molecule has 0 spiro atoms. The second-order valence-electron chi connectivity index (χ2n) is 9.69. The summed E-state index contributed by atoms with van der Waals surface area (Å²) in [6, 6.07) is 4.02. The van der Waals surface area contributed by atoms with Crippen LogP contribution in [-0.4, -0.2) is 58.6 Å². The summed E-state index contributed by atoms with van der Waals surface area (Å²) in [7, 11) is 0. The molecule has 10 heteroatoms. The maximum atomic E-state index is 13.8. The number of carbonyl (C=O) groups is 4. The molecule has 4 amide bonds. The standard InChI is InChI=1S/C26H42N4O6/c1-6-8-11-16-28-23(33)22(18-12-9-10-13-20(18)31)30(17-7-2)24(34)19(14-15-21(27)32)29-25(35)36-26(3,4)5/h9-10,12-13,19,22,31H,6-8,11,14-17H2,1-5H3,(H2,27,32)(H,28,33)(H,29,35). The van der Waals surface area contributed by atoms with Crippen molar-refractivity contribution < 1.29 is 29.0 Å². The lowest BCUT2D eigenvalue weighted by molar-refractivity contribution is -0.142. The molecule has 0 aliphatic rings. The zero-order chi connectivity index (χ0) is 27.3. The fraction of sp³-hybridized carbons (Fsp3) is 0.615. The van der Waals surface area contributed by atoms with Crippen molar-refractivity contribution in [3.63, 3.8) is 0 Å². The van der Waals surface area contributed by atoms with Gasteiger partial charge in [-0.05, 0) is 46.1 Å². The van der Waals surface area contributed by atoms with Gasteiger partial charge in [0.1, 0.15) is 23.4 Å². The van der Waals surface area contributed by atoms with Crippen molar-refractivity contribution in [2.24, 2.45) is 5.73 Å². The fourth-order valence-electron chi connectivity index (χ4n) is 3.65. The molecule has 10 nitrogen and oxygen atoms in total. The SMILES string of the molecule is CCCCCNC(=O)C(c1ccccc1O)N(CCC)C(=O)C(CCC(N)=O)NC(=O)OC(C)(C)C. The Labute approximate surface area is 213 Å². The van der Waals surface area contributed by atoms with E-state index >= 15 is 0 Å². The predicted molar refractivity (Wildman–Crippen MR) is 137 cm³/mol. The number of hydrogen-bond donors (Lipinski definition) is 4. The molecular formula is C26H42N4O6. The molecule has 0 bridgehead atoms. The van der Waals surface area contributed by atoms with Crippen molar-refractivity contribution >= 4 is 23.8 Å². The second kappa shape index (κ2) is 15.0. The van der Waals surface area contributed by atoms with Gasteiger partial charge in [0.15, 0.2) is 0 Å². The number of alkyl carbamates (subject to hydrolysis) is 1. The van der Waals surface area contributed by atoms with E-state index in [-0.39, 0.29) is 30.7 Å². The number of nitrogens with two attached hydrogens (primary N) is 1. The minimum absolute atomic E-state index is 0.0702. The molecule has 2 unspecified atom stereocenters. The molecule has 2 atom stereocenters. The van der Waals surface area contributed by atoms with Crippen LogP contribution in [0, 0.1) is 0 Å². The Hall–Kier alpha value is -3.30. The Morgan fingerprint density at radius 1 is 1.08 bits per heavy atom. The van der Waals surface area contributed by atoms with Gasteiger partial charge in [-0.15, -0.1) is 0 Å². The number of aromatic hydroxyl groups is 1. The third-order valence-electron chi connectivity index (χ3n) is 5.29. The van der Waals surface area contributed by atoms with E-state index in [9.17, 15) is 24.3 Å². The second-order valence-corrected chi connectivity index (χ2v) is 9.69. The maximum Gasteiger partial charge on any atom is 0.408 e. The smallest absolute Gasteiger partial charge is 0.408 e. The number of hydrogen-bond acceptors (Lipinski definition) is 6. The van der Waals surface area contributed by atoms with Gasteiger partial charge in [0, 0.05) is 25.1 Å². The van der Waals surface area contributed by atoms with Crippen molar-refractivity contribution in [3.05, 3.63) is 29.8 Å². The van der Waals surface area contributed by atoms with E-state index < -0.39 is 41.5 Å². The van der Waals surface area contributed by atoms with Crippen molar-refractivity contribution in [2.45, 2.75) is 90.8 Å². The van der Waals surface area contributed by atoms with Crippen LogP contribution in [0.25, 0.3) is 0 Å². The number of phenolic OH excluding ortho intramolecular Hbond substituents is 1. The van der Waals surface area contributed by atoms with Gasteiger partial charge < -0.3 is 31.1 Å². The van der Waals surface area contributed by atoms with Gasteiger partial charge in [-0.25, -0.2) is 4.79 Å². The minimum Gasteiger partial charge on any atom is -0.508 e. The van der Waals surface area contributed by atoms with Gasteiger partial charge in [0.2, 0.25) is 17.7 Å². The summed E-state index contributed by atoms with van der Waals surface area (Å²) in [6.07, 6.45) is 2.15. The van der Waals surface area contributed by atoms with E-state index in [0.717, 1.165) is 19.3 Å². The summed E-state index contributed by atoms with van der Waals surface area (Å²) in [5.41, 5.74) is 4.76. The Balaban J connectivity index is 3.37. The van der Waals surface area contributed by atoms with Crippen LogP contribution in [0.5, 0.6) is 5.75 Å². The van der Waals surface area contributed by atoms with E-state index in [1.165, 1.54) is 11.0 Å². The number of phenols is 1. The van der Waals surface area contributed by atoms with E-state index in [2.05, 4.69) is 17.6 Å². The predicted octanol–water partition coefficient (Wildman–Crippen LogP) is 3.14. The number of carbonyl (C=O) groups excluding carboxylic acids is 4. The number of rotatable bonds is 14. The molecule has 0 saturated carbocycles. The average Bonchev–Trinajstić information content (AvgIpc) is 2.78. The third kappa shape index (κ3) is 10.5. The van der Waals surface area contributed by atoms with Gasteiger partial charge in [-0.3, -0.25) is 14.4 Å². The highest BCUT2D eigenvalue weighted by Gasteiger charge is 2.37. The Morgan fingerprint density at radius 2 is 1.75 bits per heavy atom. The highest BCUT2D eigenvalue weighted by Crippen LogP contribution is 2.30. The Kier molecular flexibility index (Phi) is 12.8. The van der Waals surface area contributed by atoms with E-state index in [1.807, 2.05) is 6.92 Å². The Bertz CT molecular complexity index is 883. The molecule has 0 saturated heterocycles. The molecule has 0 aromatic heterocycles. The highest BCUT2D eigenvalue weighted by atomic mass is 16.6. The third-order valence-corrected chi connectivity index (χ3v) is 5.29. The monoisotopic (exact) mass is 506 g/mol. The fourth-order valence-corrected chi connectivity index (χ4v) is 3.65. The number of amides is 4. The van der Waals surface area contributed by atoms with E-state index in [0.29, 0.717) is 13.0 Å². The van der Waals surface area contributed by atoms with Crippen molar-refractivity contribution in [3.8, 4) is 5.75 Å². The molecule has 0 heterocycles. The molecule has 1 rings (SSSR count). The van der Waals surface area contributed by atoms with Crippen molar-refractivity contribution in [1.29, 1.82) is 0 Å². The van der Waals surface area contributed by atoms with Crippen LogP contribution in [0.15, 0.2) is 24.3 Å². The molecule has 0 aliphatic carbocycles. The van der Waals surface area contributed by atoms with Gasteiger partial charge in [0.05, 0.1) is 0 Å².